The van der Waals surface area contributed by atoms with Crippen LogP contribution in [-0.2, 0) is 14.3 Å². The highest BCUT2D eigenvalue weighted by atomic mass is 35.6. The first-order chi connectivity index (χ1) is 5.85. The van der Waals surface area contributed by atoms with Gasteiger partial charge in [0.2, 0.25) is 3.79 Å². The Hall–Kier alpha value is -0.230. The largest absolute Gasteiger partial charge is 0.516 e. The molecule has 0 rings (SSSR count). The average Bonchev–Trinajstić information content (AvgIpc) is 1.99. The number of carbonyl (C=O) groups is 2. The third-order valence-electron chi connectivity index (χ3n) is 0.680. The fourth-order valence-corrected chi connectivity index (χ4v) is 0.459. The van der Waals surface area contributed by atoms with Crippen molar-refractivity contribution in [2.75, 3.05) is 13.2 Å². The first-order valence-electron chi connectivity index (χ1n) is 2.90. The summed E-state index contributed by atoms with van der Waals surface area (Å²) < 4.78 is 6.30. The maximum atomic E-state index is 10.5. The third-order valence-corrected chi connectivity index (χ3v) is 1.01. The van der Waals surface area contributed by atoms with E-state index in [0.29, 0.717) is 0 Å². The molecule has 1 N–H and O–H groups in total. The molecule has 0 spiro atoms. The molecular weight excluding hydrogens is 246 g/mol. The van der Waals surface area contributed by atoms with Crippen LogP contribution in [0, 0.1) is 0 Å². The lowest BCUT2D eigenvalue weighted by Crippen LogP contribution is -2.21. The van der Waals surface area contributed by atoms with Crippen molar-refractivity contribution in [2.24, 2.45) is 0 Å². The van der Waals surface area contributed by atoms with Gasteiger partial charge < -0.3 is 14.6 Å². The van der Waals surface area contributed by atoms with Gasteiger partial charge >= 0.3 is 12.1 Å². The van der Waals surface area contributed by atoms with E-state index in [9.17, 15) is 9.59 Å². The van der Waals surface area contributed by atoms with Crippen LogP contribution in [0.1, 0.15) is 0 Å². The van der Waals surface area contributed by atoms with Crippen LogP contribution in [0.25, 0.3) is 0 Å². The Kier molecular flexibility index (Phi) is 5.39. The minimum atomic E-state index is -1.76. The Morgan fingerprint density at radius 2 is 1.85 bits per heavy atom. The van der Waals surface area contributed by atoms with Gasteiger partial charge in [0.25, 0.3) is 0 Å². The molecule has 8 heteroatoms. The number of aliphatic hydroxyl groups excluding tert-OH is 1. The van der Waals surface area contributed by atoms with Crippen molar-refractivity contribution < 1.29 is 24.2 Å². The third kappa shape index (κ3) is 8.11. The molecule has 13 heavy (non-hydrogen) atoms. The molecule has 0 aromatic rings. The Bertz CT molecular complexity index is 199. The van der Waals surface area contributed by atoms with Crippen molar-refractivity contribution in [1.82, 2.24) is 0 Å². The molecule has 0 unspecified atom stereocenters. The highest BCUT2D eigenvalue weighted by Crippen LogP contribution is 2.25. The lowest BCUT2D eigenvalue weighted by molar-refractivity contribution is -0.142. The maximum Gasteiger partial charge on any atom is 0.516 e. The summed E-state index contributed by atoms with van der Waals surface area (Å²) >= 11 is 15.6. The average molecular weight is 251 g/mol. The van der Waals surface area contributed by atoms with Gasteiger partial charge in [-0.25, -0.2) is 9.59 Å². The number of esters is 1. The quantitative estimate of drug-likeness (QED) is 0.451. The molecule has 0 amide bonds. The van der Waals surface area contributed by atoms with Crippen LogP contribution in [0.4, 0.5) is 4.79 Å². The predicted octanol–water partition coefficient (Wildman–Crippen LogP) is 1.03. The number of ether oxygens (including phenoxy) is 2. The Morgan fingerprint density at radius 3 is 2.23 bits per heavy atom. The summed E-state index contributed by atoms with van der Waals surface area (Å²) in [5, 5.41) is 8.15. The molecule has 5 nitrogen and oxygen atoms in total. The standard InChI is InChI=1S/C5H5Cl3O5/c6-5(7,8)2-12-4(11)13-3(10)1-9/h9H,1-2H2. The van der Waals surface area contributed by atoms with Gasteiger partial charge in [-0.1, -0.05) is 34.8 Å². The summed E-state index contributed by atoms with van der Waals surface area (Å²) in [5.41, 5.74) is 0. The van der Waals surface area contributed by atoms with Crippen LogP contribution in [0.5, 0.6) is 0 Å². The van der Waals surface area contributed by atoms with E-state index in [1.807, 2.05) is 0 Å². The summed E-state index contributed by atoms with van der Waals surface area (Å²) in [4.78, 5) is 20.8. The molecule has 76 valence electrons. The van der Waals surface area contributed by atoms with Gasteiger partial charge in [-0.05, 0) is 0 Å². The number of aliphatic hydroxyl groups is 1. The van der Waals surface area contributed by atoms with Crippen molar-refractivity contribution >= 4 is 46.9 Å². The number of hydrogen-bond acceptors (Lipinski definition) is 5. The highest BCUT2D eigenvalue weighted by Gasteiger charge is 2.23. The van der Waals surface area contributed by atoms with Crippen molar-refractivity contribution in [3.05, 3.63) is 0 Å². The zero-order chi connectivity index (χ0) is 10.5. The summed E-state index contributed by atoms with van der Waals surface area (Å²) in [7, 11) is 0. The van der Waals surface area contributed by atoms with E-state index in [-0.39, 0.29) is 0 Å². The van der Waals surface area contributed by atoms with E-state index in [1.165, 1.54) is 0 Å². The smallest absolute Gasteiger partial charge is 0.429 e. The number of carbonyl (C=O) groups excluding carboxylic acids is 2. The monoisotopic (exact) mass is 250 g/mol. The van der Waals surface area contributed by atoms with Crippen LogP contribution in [0.3, 0.4) is 0 Å². The molecule has 0 radical (unpaired) electrons. The van der Waals surface area contributed by atoms with Crippen LogP contribution < -0.4 is 0 Å². The molecule has 0 aromatic heterocycles. The topological polar surface area (TPSA) is 72.8 Å². The fourth-order valence-electron chi connectivity index (χ4n) is 0.295. The molecule has 0 saturated heterocycles. The summed E-state index contributed by atoms with van der Waals surface area (Å²) in [6.07, 6.45) is -1.33. The van der Waals surface area contributed by atoms with Crippen molar-refractivity contribution in [2.45, 2.75) is 3.79 Å². The van der Waals surface area contributed by atoms with E-state index in [0.717, 1.165) is 0 Å². The molecule has 0 heterocycles. The zero-order valence-corrected chi connectivity index (χ0v) is 8.40. The Labute approximate surface area is 88.5 Å². The lowest BCUT2D eigenvalue weighted by Gasteiger charge is -2.09. The first-order valence-corrected chi connectivity index (χ1v) is 4.03. The van der Waals surface area contributed by atoms with E-state index >= 15 is 0 Å². The summed E-state index contributed by atoms with van der Waals surface area (Å²) in [6, 6.07) is 0. The zero-order valence-electron chi connectivity index (χ0n) is 6.13. The Morgan fingerprint density at radius 1 is 1.31 bits per heavy atom. The maximum absolute atomic E-state index is 10.5. The molecule has 0 aliphatic heterocycles. The van der Waals surface area contributed by atoms with Crippen LogP contribution in [0.2, 0.25) is 0 Å². The second-order valence-electron chi connectivity index (χ2n) is 1.79. The van der Waals surface area contributed by atoms with Crippen molar-refractivity contribution in [3.8, 4) is 0 Å². The summed E-state index contributed by atoms with van der Waals surface area (Å²) in [6.45, 7) is -1.47. The predicted molar refractivity (Wildman–Crippen MR) is 44.8 cm³/mol. The number of halogens is 3. The summed E-state index contributed by atoms with van der Waals surface area (Å²) in [5.74, 6) is -1.14. The van der Waals surface area contributed by atoms with Crippen molar-refractivity contribution in [3.63, 3.8) is 0 Å². The molecule has 0 bridgehead atoms. The number of rotatable bonds is 2. The molecule has 0 aliphatic carbocycles. The van der Waals surface area contributed by atoms with Crippen molar-refractivity contribution in [1.29, 1.82) is 0 Å². The van der Waals surface area contributed by atoms with Crippen LogP contribution in [-0.4, -0.2) is 34.2 Å². The second-order valence-corrected chi connectivity index (χ2v) is 4.30. The number of hydrogen-bond donors (Lipinski definition) is 1. The molecule has 0 aliphatic rings. The fraction of sp³-hybridized carbons (Fsp3) is 0.600. The van der Waals surface area contributed by atoms with Crippen LogP contribution >= 0.6 is 34.8 Å². The first kappa shape index (κ1) is 12.8. The molecular formula is C5H5Cl3O5. The van der Waals surface area contributed by atoms with E-state index in [4.69, 9.17) is 39.9 Å². The minimum Gasteiger partial charge on any atom is -0.429 e. The minimum absolute atomic E-state index is 0.546. The van der Waals surface area contributed by atoms with Gasteiger partial charge in [0.15, 0.2) is 0 Å². The van der Waals surface area contributed by atoms with E-state index < -0.39 is 29.1 Å². The van der Waals surface area contributed by atoms with Gasteiger partial charge in [-0.2, -0.15) is 0 Å². The van der Waals surface area contributed by atoms with Gasteiger partial charge in [0, 0.05) is 0 Å². The molecule has 0 saturated carbocycles. The second kappa shape index (κ2) is 5.49. The SMILES string of the molecule is O=C(CO)OC(=O)OCC(Cl)(Cl)Cl. The lowest BCUT2D eigenvalue weighted by atomic mass is 10.7. The van der Waals surface area contributed by atoms with E-state index in [2.05, 4.69) is 9.47 Å². The molecule has 0 aromatic carbocycles. The van der Waals surface area contributed by atoms with Gasteiger partial charge in [0.05, 0.1) is 0 Å². The highest BCUT2D eigenvalue weighted by molar-refractivity contribution is 6.67. The van der Waals surface area contributed by atoms with Gasteiger partial charge in [0.1, 0.15) is 13.2 Å². The molecule has 0 fully saturated rings. The molecule has 0 atom stereocenters. The van der Waals surface area contributed by atoms with Gasteiger partial charge in [-0.3, -0.25) is 0 Å². The number of alkyl halides is 3. The Balaban J connectivity index is 3.70. The normalized spacial score (nSPS) is 10.8. The van der Waals surface area contributed by atoms with Crippen LogP contribution in [0.15, 0.2) is 0 Å². The van der Waals surface area contributed by atoms with Gasteiger partial charge in [-0.15, -0.1) is 0 Å². The van der Waals surface area contributed by atoms with E-state index in [1.54, 1.807) is 0 Å².